The molecule has 2 aromatic carbocycles. The fourth-order valence-corrected chi connectivity index (χ4v) is 3.24. The van der Waals surface area contributed by atoms with Crippen LogP contribution in [0.15, 0.2) is 48.5 Å². The van der Waals surface area contributed by atoms with Gasteiger partial charge in [0.2, 0.25) is 0 Å². The van der Waals surface area contributed by atoms with Crippen molar-refractivity contribution >= 4 is 11.7 Å². The van der Waals surface area contributed by atoms with Crippen LogP contribution >= 0.6 is 0 Å². The Morgan fingerprint density at radius 3 is 2.52 bits per heavy atom. The average Bonchev–Trinajstić information content (AvgIpc) is 2.60. The smallest absolute Gasteiger partial charge is 0.319 e. The molecule has 2 aromatic rings. The van der Waals surface area contributed by atoms with Crippen LogP contribution in [-0.4, -0.2) is 6.03 Å². The van der Waals surface area contributed by atoms with Crippen LogP contribution in [0.5, 0.6) is 0 Å². The largest absolute Gasteiger partial charge is 0.331 e. The molecule has 0 saturated heterocycles. The van der Waals surface area contributed by atoms with Crippen molar-refractivity contribution in [2.75, 3.05) is 5.32 Å². The molecule has 0 radical (unpaired) electrons. The van der Waals surface area contributed by atoms with Gasteiger partial charge in [-0.25, -0.2) is 4.79 Å². The molecule has 0 unspecified atom stereocenters. The lowest BCUT2D eigenvalue weighted by molar-refractivity contribution is 0.248. The average molecular weight is 308 g/mol. The Kier molecular flexibility index (Phi) is 4.96. The summed E-state index contributed by atoms with van der Waals surface area (Å²) in [6.07, 6.45) is 5.79. The van der Waals surface area contributed by atoms with Gasteiger partial charge < -0.3 is 10.6 Å². The van der Waals surface area contributed by atoms with Crippen LogP contribution in [0.1, 0.15) is 48.9 Å². The molecule has 0 aliphatic heterocycles. The number of para-hydroxylation sites is 1. The van der Waals surface area contributed by atoms with Crippen molar-refractivity contribution in [3.8, 4) is 0 Å². The standard InChI is InChI=1S/C20H24N2O/c1-2-19(22-20(23)21-18-10-4-3-5-11-18)17-13-12-15-8-6-7-9-16(15)14-17/h3-5,10-14,19H,2,6-9H2,1H3,(H2,21,22,23)/t19-/m1/s1. The van der Waals surface area contributed by atoms with Crippen molar-refractivity contribution in [2.24, 2.45) is 0 Å². The van der Waals surface area contributed by atoms with E-state index in [1.54, 1.807) is 0 Å². The number of hydrogen-bond donors (Lipinski definition) is 2. The SMILES string of the molecule is CC[C@@H](NC(=O)Nc1ccccc1)c1ccc2c(c1)CCCC2. The molecule has 0 spiro atoms. The number of fused-ring (bicyclic) bond motifs is 1. The van der Waals surface area contributed by atoms with E-state index in [9.17, 15) is 4.79 Å². The summed E-state index contributed by atoms with van der Waals surface area (Å²) in [7, 11) is 0. The van der Waals surface area contributed by atoms with Crippen molar-refractivity contribution in [3.05, 3.63) is 65.2 Å². The van der Waals surface area contributed by atoms with Gasteiger partial charge in [-0.3, -0.25) is 0 Å². The minimum Gasteiger partial charge on any atom is -0.331 e. The van der Waals surface area contributed by atoms with Gasteiger partial charge >= 0.3 is 6.03 Å². The number of aryl methyl sites for hydroxylation is 2. The maximum atomic E-state index is 12.2. The van der Waals surface area contributed by atoms with Gasteiger partial charge in [-0.05, 0) is 60.9 Å². The van der Waals surface area contributed by atoms with Crippen LogP contribution in [0.4, 0.5) is 10.5 Å². The maximum Gasteiger partial charge on any atom is 0.319 e. The quantitative estimate of drug-likeness (QED) is 0.834. The molecule has 1 aliphatic carbocycles. The monoisotopic (exact) mass is 308 g/mol. The summed E-state index contributed by atoms with van der Waals surface area (Å²) in [5, 5.41) is 5.98. The summed E-state index contributed by atoms with van der Waals surface area (Å²) in [6.45, 7) is 2.10. The molecule has 3 heteroatoms. The van der Waals surface area contributed by atoms with Gasteiger partial charge in [0.15, 0.2) is 0 Å². The topological polar surface area (TPSA) is 41.1 Å². The first-order valence-corrected chi connectivity index (χ1v) is 8.50. The van der Waals surface area contributed by atoms with Crippen molar-refractivity contribution in [1.29, 1.82) is 0 Å². The molecular weight excluding hydrogens is 284 g/mol. The van der Waals surface area contributed by atoms with Gasteiger partial charge in [0.05, 0.1) is 6.04 Å². The number of carbonyl (C=O) groups excluding carboxylic acids is 1. The Bertz CT molecular complexity index is 667. The fourth-order valence-electron chi connectivity index (χ4n) is 3.24. The van der Waals surface area contributed by atoms with Gasteiger partial charge in [0.1, 0.15) is 0 Å². The predicted octanol–water partition coefficient (Wildman–Crippen LogP) is 4.84. The maximum absolute atomic E-state index is 12.2. The number of hydrogen-bond acceptors (Lipinski definition) is 1. The van der Waals surface area contributed by atoms with Crippen molar-refractivity contribution in [3.63, 3.8) is 0 Å². The second-order valence-corrected chi connectivity index (χ2v) is 6.16. The molecule has 2 N–H and O–H groups in total. The Balaban J connectivity index is 1.68. The molecule has 3 nitrogen and oxygen atoms in total. The van der Waals surface area contributed by atoms with Crippen LogP contribution < -0.4 is 10.6 Å². The molecule has 0 bridgehead atoms. The molecule has 1 aliphatic rings. The third-order valence-electron chi connectivity index (χ3n) is 4.52. The molecule has 2 amide bonds. The summed E-state index contributed by atoms with van der Waals surface area (Å²) in [4.78, 5) is 12.2. The van der Waals surface area contributed by atoms with E-state index in [1.807, 2.05) is 30.3 Å². The van der Waals surface area contributed by atoms with Crippen LogP contribution in [0, 0.1) is 0 Å². The van der Waals surface area contributed by atoms with Gasteiger partial charge in [-0.15, -0.1) is 0 Å². The number of rotatable bonds is 4. The van der Waals surface area contributed by atoms with Crippen molar-refractivity contribution < 1.29 is 4.79 Å². The second-order valence-electron chi connectivity index (χ2n) is 6.16. The highest BCUT2D eigenvalue weighted by Gasteiger charge is 2.16. The zero-order valence-electron chi connectivity index (χ0n) is 13.6. The van der Waals surface area contributed by atoms with Crippen molar-refractivity contribution in [2.45, 2.75) is 45.1 Å². The van der Waals surface area contributed by atoms with E-state index in [1.165, 1.54) is 36.0 Å². The summed E-state index contributed by atoms with van der Waals surface area (Å²) in [6, 6.07) is 16.1. The summed E-state index contributed by atoms with van der Waals surface area (Å²) >= 11 is 0. The summed E-state index contributed by atoms with van der Waals surface area (Å²) in [5.41, 5.74) is 4.95. The highest BCUT2D eigenvalue weighted by atomic mass is 16.2. The molecule has 0 heterocycles. The zero-order chi connectivity index (χ0) is 16.1. The molecule has 120 valence electrons. The Labute approximate surface area is 138 Å². The lowest BCUT2D eigenvalue weighted by Crippen LogP contribution is -2.32. The number of carbonyl (C=O) groups is 1. The minimum absolute atomic E-state index is 0.0472. The fraction of sp³-hybridized carbons (Fsp3) is 0.350. The summed E-state index contributed by atoms with van der Waals surface area (Å²) in [5.74, 6) is 0. The molecule has 1 atom stereocenters. The van der Waals surface area contributed by atoms with Gasteiger partial charge in [0, 0.05) is 5.69 Å². The minimum atomic E-state index is -0.152. The van der Waals surface area contributed by atoms with E-state index >= 15 is 0 Å². The predicted molar refractivity (Wildman–Crippen MR) is 94.7 cm³/mol. The van der Waals surface area contributed by atoms with E-state index in [4.69, 9.17) is 0 Å². The third-order valence-corrected chi connectivity index (χ3v) is 4.52. The summed E-state index contributed by atoms with van der Waals surface area (Å²) < 4.78 is 0. The lowest BCUT2D eigenvalue weighted by atomic mass is 9.89. The van der Waals surface area contributed by atoms with Crippen LogP contribution in [0.2, 0.25) is 0 Å². The number of nitrogens with one attached hydrogen (secondary N) is 2. The van der Waals surface area contributed by atoms with Gasteiger partial charge in [-0.1, -0.05) is 43.3 Å². The molecule has 0 fully saturated rings. The van der Waals surface area contributed by atoms with E-state index in [-0.39, 0.29) is 12.1 Å². The number of urea groups is 1. The van der Waals surface area contributed by atoms with Gasteiger partial charge in [-0.2, -0.15) is 0 Å². The lowest BCUT2D eigenvalue weighted by Gasteiger charge is -2.22. The molecular formula is C20H24N2O. The molecule has 0 aromatic heterocycles. The van der Waals surface area contributed by atoms with Crippen LogP contribution in [0.3, 0.4) is 0 Å². The zero-order valence-corrected chi connectivity index (χ0v) is 13.6. The highest BCUT2D eigenvalue weighted by molar-refractivity contribution is 5.89. The van der Waals surface area contributed by atoms with E-state index in [0.29, 0.717) is 0 Å². The number of benzene rings is 2. The van der Waals surface area contributed by atoms with Crippen molar-refractivity contribution in [1.82, 2.24) is 5.32 Å². The first-order chi connectivity index (χ1) is 11.3. The van der Waals surface area contributed by atoms with Gasteiger partial charge in [0.25, 0.3) is 0 Å². The molecule has 23 heavy (non-hydrogen) atoms. The molecule has 0 saturated carbocycles. The van der Waals surface area contributed by atoms with Crippen LogP contribution in [0.25, 0.3) is 0 Å². The van der Waals surface area contributed by atoms with Crippen LogP contribution in [-0.2, 0) is 12.8 Å². The highest BCUT2D eigenvalue weighted by Crippen LogP contribution is 2.26. The Morgan fingerprint density at radius 1 is 1.04 bits per heavy atom. The van der Waals surface area contributed by atoms with E-state index < -0.39 is 0 Å². The second kappa shape index (κ2) is 7.32. The van der Waals surface area contributed by atoms with E-state index in [0.717, 1.165) is 18.5 Å². The Hall–Kier alpha value is -2.29. The normalized spacial score (nSPS) is 14.7. The number of amides is 2. The Morgan fingerprint density at radius 2 is 1.78 bits per heavy atom. The first kappa shape index (κ1) is 15.6. The third kappa shape index (κ3) is 3.92. The molecule has 3 rings (SSSR count). The number of anilines is 1. The first-order valence-electron chi connectivity index (χ1n) is 8.50. The van der Waals surface area contributed by atoms with E-state index in [2.05, 4.69) is 35.8 Å².